The van der Waals surface area contributed by atoms with Crippen molar-refractivity contribution >= 4 is 15.7 Å². The number of amides is 1. The van der Waals surface area contributed by atoms with E-state index >= 15 is 0 Å². The molecule has 1 saturated heterocycles. The molecule has 2 heterocycles. The molecule has 1 aromatic heterocycles. The molecule has 0 saturated carbocycles. The summed E-state index contributed by atoms with van der Waals surface area (Å²) in [5.74, 6) is 0.720. The molecule has 1 amide bonds. The number of nitrogens with zero attached hydrogens (tertiary/aromatic N) is 3. The van der Waals surface area contributed by atoms with Gasteiger partial charge in [-0.1, -0.05) is 13.8 Å². The fourth-order valence-corrected chi connectivity index (χ4v) is 5.45. The molecular formula is C19H33N3O4S. The van der Waals surface area contributed by atoms with Gasteiger partial charge in [-0.3, -0.25) is 9.48 Å². The molecule has 1 fully saturated rings. The lowest BCUT2D eigenvalue weighted by atomic mass is 10.1. The van der Waals surface area contributed by atoms with Crippen molar-refractivity contribution < 1.29 is 17.9 Å². The molecule has 0 N–H and O–H groups in total. The van der Waals surface area contributed by atoms with E-state index in [1.807, 2.05) is 11.6 Å². The number of ether oxygens (including phenoxy) is 1. The average molecular weight is 400 g/mol. The number of carbonyl (C=O) groups is 1. The molecule has 0 aromatic carbocycles. The second-order valence-electron chi connectivity index (χ2n) is 7.86. The molecule has 0 bridgehead atoms. The largest absolute Gasteiger partial charge is 0.383 e. The van der Waals surface area contributed by atoms with Crippen molar-refractivity contribution in [2.75, 3.05) is 31.8 Å². The summed E-state index contributed by atoms with van der Waals surface area (Å²) in [6.07, 6.45) is 1.50. The van der Waals surface area contributed by atoms with E-state index in [0.29, 0.717) is 38.3 Å². The molecule has 0 aliphatic carbocycles. The third-order valence-corrected chi connectivity index (χ3v) is 6.91. The lowest BCUT2D eigenvalue weighted by molar-refractivity contribution is -0.133. The maximum absolute atomic E-state index is 12.9. The highest BCUT2D eigenvalue weighted by molar-refractivity contribution is 7.91. The number of aromatic nitrogens is 2. The second kappa shape index (κ2) is 9.19. The molecule has 1 aromatic rings. The first-order valence-corrected chi connectivity index (χ1v) is 11.5. The lowest BCUT2D eigenvalue weighted by Crippen LogP contribution is -2.43. The summed E-state index contributed by atoms with van der Waals surface area (Å²) in [7, 11) is -1.45. The molecule has 154 valence electrons. The van der Waals surface area contributed by atoms with Crippen molar-refractivity contribution in [3.05, 3.63) is 17.0 Å². The quantitative estimate of drug-likeness (QED) is 0.632. The summed E-state index contributed by atoms with van der Waals surface area (Å²) in [6, 6.07) is -0.233. The minimum Gasteiger partial charge on any atom is -0.383 e. The van der Waals surface area contributed by atoms with Crippen LogP contribution in [0.25, 0.3) is 0 Å². The first kappa shape index (κ1) is 21.9. The first-order chi connectivity index (χ1) is 12.6. The second-order valence-corrected chi connectivity index (χ2v) is 10.1. The zero-order valence-electron chi connectivity index (χ0n) is 17.2. The van der Waals surface area contributed by atoms with Crippen molar-refractivity contribution in [1.82, 2.24) is 14.7 Å². The van der Waals surface area contributed by atoms with Crippen LogP contribution in [0.5, 0.6) is 0 Å². The highest BCUT2D eigenvalue weighted by Crippen LogP contribution is 2.21. The van der Waals surface area contributed by atoms with Gasteiger partial charge < -0.3 is 9.64 Å². The van der Waals surface area contributed by atoms with Crippen LogP contribution in [-0.2, 0) is 32.3 Å². The van der Waals surface area contributed by atoms with Crippen LogP contribution in [0, 0.1) is 19.8 Å². The summed E-state index contributed by atoms with van der Waals surface area (Å²) in [5.41, 5.74) is 3.20. The summed E-state index contributed by atoms with van der Waals surface area (Å²) in [4.78, 5) is 14.6. The number of methoxy groups -OCH3 is 1. The van der Waals surface area contributed by atoms with E-state index in [1.165, 1.54) is 0 Å². The highest BCUT2D eigenvalue weighted by atomic mass is 32.2. The maximum atomic E-state index is 12.9. The number of sulfone groups is 1. The Morgan fingerprint density at radius 3 is 2.63 bits per heavy atom. The van der Waals surface area contributed by atoms with Crippen LogP contribution in [0.2, 0.25) is 0 Å². The van der Waals surface area contributed by atoms with Gasteiger partial charge in [-0.05, 0) is 38.2 Å². The molecule has 0 radical (unpaired) electrons. The Balaban J connectivity index is 2.06. The van der Waals surface area contributed by atoms with E-state index in [1.54, 1.807) is 12.0 Å². The molecular weight excluding hydrogens is 366 g/mol. The van der Waals surface area contributed by atoms with Gasteiger partial charge in [-0.25, -0.2) is 8.42 Å². The van der Waals surface area contributed by atoms with Gasteiger partial charge in [-0.2, -0.15) is 5.10 Å². The molecule has 27 heavy (non-hydrogen) atoms. The number of hydrogen-bond donors (Lipinski definition) is 0. The summed E-state index contributed by atoms with van der Waals surface area (Å²) in [6.45, 7) is 10.0. The Labute approximate surface area is 163 Å². The van der Waals surface area contributed by atoms with Gasteiger partial charge in [0.05, 0.1) is 23.8 Å². The van der Waals surface area contributed by atoms with E-state index in [-0.39, 0.29) is 23.5 Å². The topological polar surface area (TPSA) is 81.5 Å². The van der Waals surface area contributed by atoms with Crippen molar-refractivity contribution in [1.29, 1.82) is 0 Å². The monoisotopic (exact) mass is 399 g/mol. The molecule has 1 aliphatic rings. The molecule has 1 unspecified atom stereocenters. The first-order valence-electron chi connectivity index (χ1n) is 9.66. The molecule has 0 spiro atoms. The van der Waals surface area contributed by atoms with Crippen molar-refractivity contribution in [3.63, 3.8) is 0 Å². The number of hydrogen-bond acceptors (Lipinski definition) is 5. The van der Waals surface area contributed by atoms with Crippen LogP contribution < -0.4 is 0 Å². The number of carbonyl (C=O) groups excluding carboxylic acids is 1. The van der Waals surface area contributed by atoms with Crippen molar-refractivity contribution in [2.45, 2.75) is 59.5 Å². The third-order valence-electron chi connectivity index (χ3n) is 5.16. The van der Waals surface area contributed by atoms with Gasteiger partial charge >= 0.3 is 0 Å². The molecule has 7 nitrogen and oxygen atoms in total. The lowest BCUT2D eigenvalue weighted by Gasteiger charge is -2.28. The molecule has 1 atom stereocenters. The maximum Gasteiger partial charge on any atom is 0.223 e. The zero-order valence-corrected chi connectivity index (χ0v) is 18.0. The van der Waals surface area contributed by atoms with Gasteiger partial charge in [-0.15, -0.1) is 0 Å². The fraction of sp³-hybridized carbons (Fsp3) is 0.789. The van der Waals surface area contributed by atoms with E-state index in [2.05, 4.69) is 25.9 Å². The van der Waals surface area contributed by atoms with Gasteiger partial charge in [0.1, 0.15) is 0 Å². The minimum absolute atomic E-state index is 0.00967. The Kier molecular flexibility index (Phi) is 7.45. The van der Waals surface area contributed by atoms with Crippen LogP contribution in [0.4, 0.5) is 0 Å². The number of aryl methyl sites for hydroxylation is 1. The van der Waals surface area contributed by atoms with Crippen LogP contribution in [0.3, 0.4) is 0 Å². The van der Waals surface area contributed by atoms with E-state index < -0.39 is 9.84 Å². The number of rotatable bonds is 9. The van der Waals surface area contributed by atoms with Gasteiger partial charge in [0.2, 0.25) is 5.91 Å². The van der Waals surface area contributed by atoms with Crippen molar-refractivity contribution in [3.8, 4) is 0 Å². The Bertz CT molecular complexity index is 755. The van der Waals surface area contributed by atoms with Gasteiger partial charge in [0.25, 0.3) is 0 Å². The summed E-state index contributed by atoms with van der Waals surface area (Å²) in [5, 5.41) is 4.61. The average Bonchev–Trinajstić information content (AvgIpc) is 3.05. The smallest absolute Gasteiger partial charge is 0.223 e. The van der Waals surface area contributed by atoms with Gasteiger partial charge in [0.15, 0.2) is 9.84 Å². The van der Waals surface area contributed by atoms with E-state index in [4.69, 9.17) is 4.74 Å². The highest BCUT2D eigenvalue weighted by Gasteiger charge is 2.34. The normalized spacial score (nSPS) is 19.0. The van der Waals surface area contributed by atoms with E-state index in [0.717, 1.165) is 23.5 Å². The Morgan fingerprint density at radius 2 is 2.07 bits per heavy atom. The van der Waals surface area contributed by atoms with E-state index in [9.17, 15) is 13.2 Å². The third kappa shape index (κ3) is 5.78. The summed E-state index contributed by atoms with van der Waals surface area (Å²) >= 11 is 0. The molecule has 2 rings (SSSR count). The summed E-state index contributed by atoms with van der Waals surface area (Å²) < 4.78 is 30.8. The SMILES string of the molecule is COCCN(C(=O)CCc1c(C)nn(CC(C)C)c1C)C1CCS(=O)(=O)C1. The Morgan fingerprint density at radius 1 is 1.37 bits per heavy atom. The molecule has 8 heteroatoms. The van der Waals surface area contributed by atoms with Crippen LogP contribution >= 0.6 is 0 Å². The minimum atomic E-state index is -3.04. The zero-order chi connectivity index (χ0) is 20.2. The van der Waals surface area contributed by atoms with Gasteiger partial charge in [0, 0.05) is 38.4 Å². The molecule has 1 aliphatic heterocycles. The van der Waals surface area contributed by atoms with Crippen molar-refractivity contribution in [2.24, 2.45) is 5.92 Å². The standard InChI is InChI=1S/C19H33N3O4S/c1-14(2)12-22-16(4)18(15(3)20-22)6-7-19(23)21(9-10-26-5)17-8-11-27(24,25)13-17/h14,17H,6-13H2,1-5H3. The fourth-order valence-electron chi connectivity index (χ4n) is 3.72. The predicted octanol–water partition coefficient (Wildman–Crippen LogP) is 1.75. The van der Waals surface area contributed by atoms with Crippen LogP contribution in [0.15, 0.2) is 0 Å². The van der Waals surface area contributed by atoms with Crippen LogP contribution in [-0.4, -0.2) is 66.8 Å². The predicted molar refractivity (Wildman–Crippen MR) is 106 cm³/mol. The Hall–Kier alpha value is -1.41. The van der Waals surface area contributed by atoms with Crippen LogP contribution in [0.1, 0.15) is 43.6 Å².